The van der Waals surface area contributed by atoms with Crippen LogP contribution in [-0.2, 0) is 67.1 Å². The monoisotopic (exact) mass is 1420 g/mol. The number of aromatic amines is 1. The Bertz CT molecular complexity index is 3710. The van der Waals surface area contributed by atoms with Crippen LogP contribution in [0.1, 0.15) is 91.2 Å². The molecule has 2 saturated carbocycles. The minimum absolute atomic E-state index is 0.0554. The van der Waals surface area contributed by atoms with Gasteiger partial charge in [-0.3, -0.25) is 9.78 Å². The predicted octanol–water partition coefficient (Wildman–Crippen LogP) is 12.2. The van der Waals surface area contributed by atoms with E-state index < -0.39 is 0 Å². The first kappa shape index (κ1) is 76.9. The predicted molar refractivity (Wildman–Crippen MR) is 413 cm³/mol. The van der Waals surface area contributed by atoms with Gasteiger partial charge in [-0.05, 0) is 141 Å². The van der Waals surface area contributed by atoms with Gasteiger partial charge in [-0.15, -0.1) is 0 Å². The second kappa shape index (κ2) is 40.9. The van der Waals surface area contributed by atoms with Crippen LogP contribution in [0.25, 0.3) is 0 Å². The van der Waals surface area contributed by atoms with Gasteiger partial charge in [0, 0.05) is 85.9 Å². The highest BCUT2D eigenvalue weighted by Gasteiger charge is 2.38. The van der Waals surface area contributed by atoms with E-state index in [0.717, 1.165) is 126 Å². The van der Waals surface area contributed by atoms with Gasteiger partial charge in [0.15, 0.2) is 0 Å². The molecule has 19 nitrogen and oxygen atoms in total. The summed E-state index contributed by atoms with van der Waals surface area (Å²) < 4.78 is 45.0. The molecule has 15 rings (SSSR count). The third-order valence-corrected chi connectivity index (χ3v) is 21.4. The van der Waals surface area contributed by atoms with E-state index in [1.807, 2.05) is 55.6 Å². The van der Waals surface area contributed by atoms with Gasteiger partial charge in [0.2, 0.25) is 17.8 Å². The number of rotatable bonds is 22. The van der Waals surface area contributed by atoms with Crippen LogP contribution in [-0.4, -0.2) is 181 Å². The molecule has 6 aromatic carbocycles. The zero-order valence-corrected chi connectivity index (χ0v) is 61.8. The minimum Gasteiger partial charge on any atom is -0.497 e. The third kappa shape index (κ3) is 22.6. The molecule has 7 aliphatic rings. The fourth-order valence-corrected chi connectivity index (χ4v) is 15.6. The number of anilines is 4. The molecule has 10 atom stereocenters. The number of nitrogens with zero attached hydrogens (tertiary/aromatic N) is 7. The fourth-order valence-electron chi connectivity index (χ4n) is 15.6. The molecule has 7 fully saturated rings. The first-order chi connectivity index (χ1) is 51.1. The Balaban J connectivity index is 0.000000139. The van der Waals surface area contributed by atoms with Gasteiger partial charge >= 0.3 is 0 Å². The van der Waals surface area contributed by atoms with E-state index in [1.165, 1.54) is 66.3 Å². The standard InChI is InChI=1S/C28H34N4O4.C20H26N4O3.C13H18O.C12H17NO.C12H16O/c1-33-23-10-8-22(9-11-23)20-36-27-19-26(31-14-16-35-17-15-31)29-28(30-27)32-13-12-25(34-2)24(32)18-21-6-4-3-5-7-21;1-26-17-7-8-24(16(17)13-15-5-3-2-4-6-15)20-21-18(14-19(25)22-20)23-9-11-27-12-10-23;1-14-13-9-5-8-12(13)10-11-6-3-2-4-7-11;1-14-12-7-8-13-11(12)9-10-5-3-2-4-6-10;13-12-8-4-7-11(12)9-10-5-2-1-3-6-10/h3-11,19,24-25H,12-18,20H2,1-2H3;2-6,14,16-17H,7-13H2,1H3,(H,21,22,25);2-4,6-7,12-13H,5,8-10H2,1H3;2-6,11-13H,7-9H2,1H3;1-3,5-6,11-13H,4,7-9H2/t24-,25+;16-,17+;12-,13+;2*11-,12+/m00000/s1. The molecule has 7 heterocycles. The van der Waals surface area contributed by atoms with Crippen LogP contribution in [0.5, 0.6) is 11.6 Å². The van der Waals surface area contributed by atoms with Crippen molar-refractivity contribution in [1.82, 2.24) is 25.3 Å². The van der Waals surface area contributed by atoms with E-state index in [1.54, 1.807) is 34.5 Å². The maximum atomic E-state index is 12.3. The van der Waals surface area contributed by atoms with Gasteiger partial charge in [0.25, 0.3) is 5.56 Å². The Labute approximate surface area is 616 Å². The average molecular weight is 1420 g/mol. The molecule has 0 amide bonds. The van der Waals surface area contributed by atoms with Gasteiger partial charge in [-0.25, -0.2) is 0 Å². The van der Waals surface area contributed by atoms with E-state index in [4.69, 9.17) is 52.8 Å². The van der Waals surface area contributed by atoms with Crippen molar-refractivity contribution in [1.29, 1.82) is 0 Å². The SMILES string of the molecule is CO[C@@H]1CCC[C@H]1Cc1ccccc1.CO[C@@H]1CCN(c2nc(N3CCOCC3)cc(=O)[nH]2)[C@H]1Cc1ccccc1.CO[C@@H]1CCN[C@H]1Cc1ccccc1.COc1ccc(COc2cc(N3CCOCC3)nc(N3CC[C@@H](OC)[C@@H]3Cc3ccccc3)n2)cc1.O[C@@H]1CCC[C@H]1Cc1ccccc1. The van der Waals surface area contributed by atoms with Crippen molar-refractivity contribution in [2.24, 2.45) is 11.8 Å². The summed E-state index contributed by atoms with van der Waals surface area (Å²) in [7, 11) is 8.86. The number of hydrogen-bond acceptors (Lipinski definition) is 18. The molecular weight excluding hydrogens is 1310 g/mol. The number of aliphatic hydroxyl groups is 1. The molecule has 0 unspecified atom stereocenters. The van der Waals surface area contributed by atoms with Crippen molar-refractivity contribution >= 4 is 23.5 Å². The van der Waals surface area contributed by atoms with E-state index in [9.17, 15) is 9.90 Å². The molecule has 0 radical (unpaired) electrons. The summed E-state index contributed by atoms with van der Waals surface area (Å²) in [4.78, 5) is 38.7. The second-order valence-electron chi connectivity index (χ2n) is 28.1. The van der Waals surface area contributed by atoms with Crippen LogP contribution in [0.15, 0.2) is 193 Å². The first-order valence-electron chi connectivity index (χ1n) is 37.8. The summed E-state index contributed by atoms with van der Waals surface area (Å²) >= 11 is 0. The molecule has 0 spiro atoms. The van der Waals surface area contributed by atoms with Crippen molar-refractivity contribution in [2.45, 2.75) is 145 Å². The highest BCUT2D eigenvalue weighted by atomic mass is 16.5. The summed E-state index contributed by atoms with van der Waals surface area (Å²) in [5, 5.41) is 13.1. The molecule has 8 aromatic rings. The fraction of sp³-hybridized carbons (Fsp3) is 0.482. The Morgan fingerprint density at radius 2 is 0.923 bits per heavy atom. The van der Waals surface area contributed by atoms with Crippen LogP contribution in [0.4, 0.5) is 23.5 Å². The van der Waals surface area contributed by atoms with Crippen LogP contribution >= 0.6 is 0 Å². The Hall–Kier alpha value is -8.24. The number of aliphatic hydroxyl groups excluding tert-OH is 1. The number of benzene rings is 6. The number of H-pyrrole nitrogens is 1. The lowest BCUT2D eigenvalue weighted by molar-refractivity contribution is 0.0713. The van der Waals surface area contributed by atoms with Gasteiger partial charge < -0.3 is 67.9 Å². The largest absolute Gasteiger partial charge is 0.497 e. The highest BCUT2D eigenvalue weighted by Crippen LogP contribution is 2.34. The summed E-state index contributed by atoms with van der Waals surface area (Å²) in [5.74, 6) is 5.53. The zero-order valence-electron chi connectivity index (χ0n) is 61.8. The summed E-state index contributed by atoms with van der Waals surface area (Å²) in [6, 6.07) is 64.9. The number of hydrogen-bond donors (Lipinski definition) is 3. The molecule has 3 N–H and O–H groups in total. The van der Waals surface area contributed by atoms with Gasteiger partial charge in [0.1, 0.15) is 24.0 Å². The first-order valence-corrected chi connectivity index (χ1v) is 37.8. The van der Waals surface area contributed by atoms with Crippen molar-refractivity contribution in [3.63, 3.8) is 0 Å². The number of morpholine rings is 2. The number of ether oxygens (including phenoxy) is 8. The zero-order chi connectivity index (χ0) is 72.1. The van der Waals surface area contributed by atoms with Crippen molar-refractivity contribution < 1.29 is 43.0 Å². The Morgan fingerprint density at radius 3 is 1.43 bits per heavy atom. The van der Waals surface area contributed by atoms with Crippen LogP contribution in [0, 0.1) is 11.8 Å². The number of methoxy groups -OCH3 is 5. The lowest BCUT2D eigenvalue weighted by Gasteiger charge is -2.31. The molecule has 0 bridgehead atoms. The van der Waals surface area contributed by atoms with Crippen LogP contribution in [0.3, 0.4) is 0 Å². The summed E-state index contributed by atoms with van der Waals surface area (Å²) in [6.07, 6.45) is 16.3. The topological polar surface area (TPSA) is 191 Å². The quantitative estimate of drug-likeness (QED) is 0.0580. The van der Waals surface area contributed by atoms with Crippen LogP contribution in [0.2, 0.25) is 0 Å². The normalized spacial score (nSPS) is 23.5. The van der Waals surface area contributed by atoms with Crippen LogP contribution < -0.4 is 39.9 Å². The smallest absolute Gasteiger partial charge is 0.254 e. The highest BCUT2D eigenvalue weighted by molar-refractivity contribution is 5.50. The van der Waals surface area contributed by atoms with E-state index >= 15 is 0 Å². The lowest BCUT2D eigenvalue weighted by atomic mass is 9.96. The van der Waals surface area contributed by atoms with Crippen molar-refractivity contribution in [2.75, 3.05) is 127 Å². The van der Waals surface area contributed by atoms with E-state index in [0.29, 0.717) is 75.0 Å². The van der Waals surface area contributed by atoms with E-state index in [2.05, 4.69) is 163 Å². The summed E-state index contributed by atoms with van der Waals surface area (Å²) in [6.45, 7) is 8.94. The lowest BCUT2D eigenvalue weighted by Crippen LogP contribution is -2.41. The molecule has 19 heteroatoms. The molecule has 556 valence electrons. The third-order valence-electron chi connectivity index (χ3n) is 21.4. The van der Waals surface area contributed by atoms with Crippen molar-refractivity contribution in [3.05, 3.63) is 232 Å². The molecule has 2 aliphatic carbocycles. The molecular formula is C85H111N9O10. The van der Waals surface area contributed by atoms with E-state index in [-0.39, 0.29) is 36.0 Å². The summed E-state index contributed by atoms with van der Waals surface area (Å²) in [5.41, 5.74) is 7.64. The molecule has 104 heavy (non-hydrogen) atoms. The van der Waals surface area contributed by atoms with Crippen molar-refractivity contribution in [3.8, 4) is 11.6 Å². The van der Waals surface area contributed by atoms with Gasteiger partial charge in [0.05, 0.1) is 76.1 Å². The Kier molecular flexibility index (Phi) is 30.2. The molecule has 5 aliphatic heterocycles. The van der Waals surface area contributed by atoms with Gasteiger partial charge in [-0.1, -0.05) is 177 Å². The second-order valence-corrected chi connectivity index (χ2v) is 28.1. The number of nitrogens with one attached hydrogen (secondary N) is 2. The average Bonchev–Trinajstić information content (AvgIpc) is 1.50. The molecule has 2 aromatic heterocycles. The minimum atomic E-state index is -0.124. The Morgan fingerprint density at radius 1 is 0.452 bits per heavy atom. The maximum absolute atomic E-state index is 12.3. The number of aromatic nitrogens is 4. The van der Waals surface area contributed by atoms with Gasteiger partial charge in [-0.2, -0.15) is 15.0 Å². The maximum Gasteiger partial charge on any atom is 0.254 e. The molecule has 5 saturated heterocycles.